The van der Waals surface area contributed by atoms with Crippen molar-refractivity contribution in [1.29, 1.82) is 0 Å². The molecule has 0 saturated carbocycles. The van der Waals surface area contributed by atoms with Gasteiger partial charge in [0.05, 0.1) is 13.7 Å². The van der Waals surface area contributed by atoms with Gasteiger partial charge in [0.2, 0.25) is 11.8 Å². The fraction of sp³-hybridized carbons (Fsp3) is 0.333. The number of benzene rings is 3. The molecule has 0 aliphatic rings. The maximum Gasteiger partial charge on any atom is 0.243 e. The first-order valence-corrected chi connectivity index (χ1v) is 12.9. The highest BCUT2D eigenvalue weighted by Gasteiger charge is 2.30. The average molecular weight is 523 g/mol. The lowest BCUT2D eigenvalue weighted by molar-refractivity contribution is -0.141. The monoisotopic (exact) mass is 522 g/mol. The van der Waals surface area contributed by atoms with Crippen molar-refractivity contribution >= 4 is 23.4 Å². The van der Waals surface area contributed by atoms with Gasteiger partial charge >= 0.3 is 0 Å². The molecule has 0 spiro atoms. The first-order valence-electron chi connectivity index (χ1n) is 12.5. The molecule has 3 aromatic rings. The Hall–Kier alpha value is -3.51. The van der Waals surface area contributed by atoms with Crippen LogP contribution in [-0.2, 0) is 22.6 Å². The molecule has 0 aliphatic heterocycles. The minimum absolute atomic E-state index is 0.0452. The molecule has 2 amide bonds. The largest absolute Gasteiger partial charge is 0.497 e. The topological polar surface area (TPSA) is 67.9 Å². The van der Waals surface area contributed by atoms with Crippen molar-refractivity contribution in [3.05, 3.63) is 95.0 Å². The predicted molar refractivity (Wildman–Crippen MR) is 147 cm³/mol. The molecule has 1 N–H and O–H groups in total. The number of nitrogens with zero attached hydrogens (tertiary/aromatic N) is 1. The van der Waals surface area contributed by atoms with Crippen LogP contribution in [0.15, 0.2) is 78.9 Å². The van der Waals surface area contributed by atoms with Gasteiger partial charge in [-0.2, -0.15) is 0 Å². The van der Waals surface area contributed by atoms with Gasteiger partial charge in [-0.1, -0.05) is 54.1 Å². The Kier molecular flexibility index (Phi) is 10.8. The summed E-state index contributed by atoms with van der Waals surface area (Å²) in [6.07, 6.45) is 1.19. The zero-order valence-electron chi connectivity index (χ0n) is 21.7. The maximum absolute atomic E-state index is 13.6. The third-order valence-corrected chi connectivity index (χ3v) is 6.08. The maximum atomic E-state index is 13.6. The molecule has 0 aromatic heterocycles. The number of halogens is 1. The lowest BCUT2D eigenvalue weighted by atomic mass is 10.0. The van der Waals surface area contributed by atoms with Gasteiger partial charge in [-0.05, 0) is 67.8 Å². The minimum Gasteiger partial charge on any atom is -0.497 e. The summed E-state index contributed by atoms with van der Waals surface area (Å²) < 4.78 is 11.0. The Bertz CT molecular complexity index is 1120. The fourth-order valence-corrected chi connectivity index (χ4v) is 4.08. The molecule has 7 heteroatoms. The van der Waals surface area contributed by atoms with Crippen LogP contribution in [-0.4, -0.2) is 42.5 Å². The van der Waals surface area contributed by atoms with Gasteiger partial charge in [-0.25, -0.2) is 0 Å². The highest BCUT2D eigenvalue weighted by atomic mass is 35.5. The number of methoxy groups -OCH3 is 1. The van der Waals surface area contributed by atoms with E-state index in [-0.39, 0.29) is 24.3 Å². The van der Waals surface area contributed by atoms with Crippen molar-refractivity contribution in [3.63, 3.8) is 0 Å². The van der Waals surface area contributed by atoms with Gasteiger partial charge in [0.15, 0.2) is 0 Å². The second-order valence-corrected chi connectivity index (χ2v) is 9.58. The first kappa shape index (κ1) is 28.1. The van der Waals surface area contributed by atoms with Crippen molar-refractivity contribution in [1.82, 2.24) is 10.2 Å². The summed E-state index contributed by atoms with van der Waals surface area (Å²) in [4.78, 5) is 28.6. The van der Waals surface area contributed by atoms with E-state index in [0.29, 0.717) is 36.8 Å². The van der Waals surface area contributed by atoms with Gasteiger partial charge in [-0.3, -0.25) is 9.59 Å². The lowest BCUT2D eigenvalue weighted by Gasteiger charge is -2.32. The smallest absolute Gasteiger partial charge is 0.243 e. The van der Waals surface area contributed by atoms with Crippen molar-refractivity contribution < 1.29 is 19.1 Å². The number of ether oxygens (including phenoxy) is 2. The quantitative estimate of drug-likeness (QED) is 0.294. The number of nitrogens with one attached hydrogen (secondary N) is 1. The first-order chi connectivity index (χ1) is 17.9. The summed E-state index contributed by atoms with van der Waals surface area (Å²) in [6.45, 7) is 4.52. The standard InChI is InChI=1S/C30H35ClN2O4/c1-22(2)32-30(35)28(20-23-8-5-4-6-9-23)33(21-24-11-13-25(31)14-12-24)29(34)10-7-19-37-27-17-15-26(36-3)16-18-27/h4-6,8-9,11-18,22,28H,7,10,19-21H2,1-3H3,(H,32,35)/t28-/m1/s1. The number of rotatable bonds is 13. The Morgan fingerprint density at radius 3 is 2.16 bits per heavy atom. The van der Waals surface area contributed by atoms with E-state index in [9.17, 15) is 9.59 Å². The zero-order valence-corrected chi connectivity index (χ0v) is 22.4. The van der Waals surface area contributed by atoms with Crippen LogP contribution in [0.3, 0.4) is 0 Å². The molecule has 0 bridgehead atoms. The lowest BCUT2D eigenvalue weighted by Crippen LogP contribution is -2.51. The predicted octanol–water partition coefficient (Wildman–Crippen LogP) is 5.67. The molecule has 0 heterocycles. The van der Waals surface area contributed by atoms with E-state index in [1.165, 1.54) is 0 Å². The molecule has 3 rings (SSSR count). The third kappa shape index (κ3) is 9.14. The third-order valence-electron chi connectivity index (χ3n) is 5.83. The van der Waals surface area contributed by atoms with Crippen LogP contribution in [0, 0.1) is 0 Å². The van der Waals surface area contributed by atoms with E-state index in [2.05, 4.69) is 5.32 Å². The van der Waals surface area contributed by atoms with E-state index in [4.69, 9.17) is 21.1 Å². The second kappa shape index (κ2) is 14.3. The van der Waals surface area contributed by atoms with E-state index < -0.39 is 6.04 Å². The van der Waals surface area contributed by atoms with E-state index in [1.54, 1.807) is 24.1 Å². The van der Waals surface area contributed by atoms with E-state index in [0.717, 1.165) is 16.9 Å². The fourth-order valence-electron chi connectivity index (χ4n) is 3.95. The van der Waals surface area contributed by atoms with E-state index >= 15 is 0 Å². The van der Waals surface area contributed by atoms with Crippen LogP contribution in [0.1, 0.15) is 37.8 Å². The van der Waals surface area contributed by atoms with Gasteiger partial charge in [0, 0.05) is 30.5 Å². The van der Waals surface area contributed by atoms with Crippen LogP contribution in [0.5, 0.6) is 11.5 Å². The van der Waals surface area contributed by atoms with Gasteiger partial charge in [0.1, 0.15) is 17.5 Å². The Balaban J connectivity index is 1.75. The molecule has 0 radical (unpaired) electrons. The summed E-state index contributed by atoms with van der Waals surface area (Å²) in [5.74, 6) is 1.19. The van der Waals surface area contributed by atoms with Gasteiger partial charge in [0.25, 0.3) is 0 Å². The van der Waals surface area contributed by atoms with Crippen molar-refractivity contribution in [2.45, 2.75) is 51.7 Å². The molecule has 37 heavy (non-hydrogen) atoms. The number of hydrogen-bond donors (Lipinski definition) is 1. The normalized spacial score (nSPS) is 11.6. The second-order valence-electron chi connectivity index (χ2n) is 9.14. The average Bonchev–Trinajstić information content (AvgIpc) is 2.90. The summed E-state index contributed by atoms with van der Waals surface area (Å²) in [6, 6.07) is 23.7. The molecule has 196 valence electrons. The van der Waals surface area contributed by atoms with E-state index in [1.807, 2.05) is 80.6 Å². The molecular formula is C30H35ClN2O4. The van der Waals surface area contributed by atoms with Crippen LogP contribution < -0.4 is 14.8 Å². The highest BCUT2D eigenvalue weighted by Crippen LogP contribution is 2.20. The molecule has 6 nitrogen and oxygen atoms in total. The van der Waals surface area contributed by atoms with Crippen LogP contribution in [0.2, 0.25) is 5.02 Å². The molecule has 1 atom stereocenters. The van der Waals surface area contributed by atoms with Crippen LogP contribution in [0.4, 0.5) is 0 Å². The summed E-state index contributed by atoms with van der Waals surface area (Å²) in [5.41, 5.74) is 1.89. The molecular weight excluding hydrogens is 488 g/mol. The van der Waals surface area contributed by atoms with Crippen LogP contribution >= 0.6 is 11.6 Å². The summed E-state index contributed by atoms with van der Waals surface area (Å²) in [7, 11) is 1.61. The molecule has 0 fully saturated rings. The van der Waals surface area contributed by atoms with Crippen molar-refractivity contribution in [2.75, 3.05) is 13.7 Å². The summed E-state index contributed by atoms with van der Waals surface area (Å²) >= 11 is 6.07. The minimum atomic E-state index is -0.657. The molecule has 0 unspecified atom stereocenters. The van der Waals surface area contributed by atoms with Crippen molar-refractivity contribution in [3.8, 4) is 11.5 Å². The number of hydrogen-bond acceptors (Lipinski definition) is 4. The number of carbonyl (C=O) groups is 2. The van der Waals surface area contributed by atoms with Gasteiger partial charge < -0.3 is 19.7 Å². The molecule has 0 saturated heterocycles. The summed E-state index contributed by atoms with van der Waals surface area (Å²) in [5, 5.41) is 3.62. The van der Waals surface area contributed by atoms with Crippen LogP contribution in [0.25, 0.3) is 0 Å². The zero-order chi connectivity index (χ0) is 26.6. The number of carbonyl (C=O) groups excluding carboxylic acids is 2. The SMILES string of the molecule is COc1ccc(OCCCC(=O)N(Cc2ccc(Cl)cc2)[C@H](Cc2ccccc2)C(=O)NC(C)C)cc1. The number of amides is 2. The van der Waals surface area contributed by atoms with Gasteiger partial charge in [-0.15, -0.1) is 0 Å². The molecule has 0 aliphatic carbocycles. The Morgan fingerprint density at radius 1 is 0.892 bits per heavy atom. The Labute approximate surface area is 224 Å². The molecule has 3 aromatic carbocycles. The Morgan fingerprint density at radius 2 is 1.54 bits per heavy atom. The van der Waals surface area contributed by atoms with Crippen molar-refractivity contribution in [2.24, 2.45) is 0 Å². The highest BCUT2D eigenvalue weighted by molar-refractivity contribution is 6.30.